The van der Waals surface area contributed by atoms with Crippen molar-refractivity contribution < 1.29 is 0 Å². The Hall–Kier alpha value is -1.90. The summed E-state index contributed by atoms with van der Waals surface area (Å²) in [6.45, 7) is 2.12. The lowest BCUT2D eigenvalue weighted by Crippen LogP contribution is -2.13. The number of hydrogen-bond acceptors (Lipinski definition) is 3. The van der Waals surface area contributed by atoms with E-state index in [1.807, 2.05) is 7.05 Å². The summed E-state index contributed by atoms with van der Waals surface area (Å²) in [6.07, 6.45) is 5.51. The number of benzene rings is 1. The molecule has 104 valence electrons. The predicted molar refractivity (Wildman–Crippen MR) is 82.2 cm³/mol. The van der Waals surface area contributed by atoms with Crippen LogP contribution in [0.5, 0.6) is 0 Å². The van der Waals surface area contributed by atoms with Gasteiger partial charge >= 0.3 is 0 Å². The lowest BCUT2D eigenvalue weighted by molar-refractivity contribution is 0.657. The van der Waals surface area contributed by atoms with Crippen molar-refractivity contribution in [2.24, 2.45) is 0 Å². The fraction of sp³-hybridized carbons (Fsp3) is 0.412. The van der Waals surface area contributed by atoms with Gasteiger partial charge in [0.25, 0.3) is 0 Å². The van der Waals surface area contributed by atoms with Crippen LogP contribution in [0.25, 0.3) is 0 Å². The van der Waals surface area contributed by atoms with Crippen LogP contribution in [0.2, 0.25) is 0 Å². The molecule has 1 aromatic heterocycles. The van der Waals surface area contributed by atoms with E-state index in [0.717, 1.165) is 30.9 Å². The lowest BCUT2D eigenvalue weighted by atomic mass is 9.96. The Morgan fingerprint density at radius 2 is 2.00 bits per heavy atom. The number of nitrogens with one attached hydrogen (secondary N) is 1. The summed E-state index contributed by atoms with van der Waals surface area (Å²) < 4.78 is 0. The van der Waals surface area contributed by atoms with Crippen molar-refractivity contribution in [2.45, 2.75) is 39.0 Å². The Morgan fingerprint density at radius 3 is 2.80 bits per heavy atom. The summed E-state index contributed by atoms with van der Waals surface area (Å²) in [5, 5.41) is 3.24. The third-order valence-electron chi connectivity index (χ3n) is 3.91. The van der Waals surface area contributed by atoms with Crippen molar-refractivity contribution in [1.82, 2.24) is 9.97 Å². The van der Waals surface area contributed by atoms with Crippen molar-refractivity contribution in [3.8, 4) is 0 Å². The van der Waals surface area contributed by atoms with Crippen LogP contribution in [0.4, 0.5) is 5.82 Å². The predicted octanol–water partition coefficient (Wildman–Crippen LogP) is 3.30. The van der Waals surface area contributed by atoms with E-state index in [2.05, 4.69) is 36.5 Å². The third-order valence-corrected chi connectivity index (χ3v) is 3.91. The first kappa shape index (κ1) is 13.1. The number of rotatable bonds is 3. The molecule has 1 aromatic carbocycles. The first-order chi connectivity index (χ1) is 9.76. The highest BCUT2D eigenvalue weighted by atomic mass is 15.0. The highest BCUT2D eigenvalue weighted by molar-refractivity contribution is 5.47. The van der Waals surface area contributed by atoms with Gasteiger partial charge in [-0.3, -0.25) is 0 Å². The zero-order chi connectivity index (χ0) is 13.9. The maximum atomic E-state index is 4.80. The standard InChI is InChI=1S/C17H21N3/c1-12-6-5-7-13(10-12)11-16-19-15-9-4-3-8-14(15)17(18-2)20-16/h5-7,10H,3-4,8-9,11H2,1-2H3,(H,18,19,20). The molecule has 0 aliphatic heterocycles. The number of nitrogens with zero attached hydrogens (tertiary/aromatic N) is 2. The van der Waals surface area contributed by atoms with E-state index < -0.39 is 0 Å². The molecule has 0 unspecified atom stereocenters. The molecule has 3 heteroatoms. The average Bonchev–Trinajstić information content (AvgIpc) is 2.46. The van der Waals surface area contributed by atoms with E-state index >= 15 is 0 Å². The van der Waals surface area contributed by atoms with E-state index in [1.165, 1.54) is 35.2 Å². The molecule has 1 heterocycles. The van der Waals surface area contributed by atoms with Crippen LogP contribution in [0.3, 0.4) is 0 Å². The summed E-state index contributed by atoms with van der Waals surface area (Å²) in [5.41, 5.74) is 5.14. The molecule has 1 aliphatic carbocycles. The minimum atomic E-state index is 0.809. The van der Waals surface area contributed by atoms with Gasteiger partial charge in [-0.1, -0.05) is 29.8 Å². The molecule has 0 spiro atoms. The molecule has 1 aliphatic rings. The minimum absolute atomic E-state index is 0.809. The van der Waals surface area contributed by atoms with Gasteiger partial charge in [0.2, 0.25) is 0 Å². The van der Waals surface area contributed by atoms with Crippen molar-refractivity contribution in [3.05, 3.63) is 52.5 Å². The van der Waals surface area contributed by atoms with Crippen molar-refractivity contribution in [2.75, 3.05) is 12.4 Å². The van der Waals surface area contributed by atoms with Gasteiger partial charge in [-0.25, -0.2) is 9.97 Å². The summed E-state index contributed by atoms with van der Waals surface area (Å²) in [4.78, 5) is 9.50. The van der Waals surface area contributed by atoms with Gasteiger partial charge in [-0.2, -0.15) is 0 Å². The Balaban J connectivity index is 1.94. The van der Waals surface area contributed by atoms with Gasteiger partial charge < -0.3 is 5.32 Å². The second kappa shape index (κ2) is 5.61. The first-order valence-electron chi connectivity index (χ1n) is 7.38. The maximum absolute atomic E-state index is 4.80. The molecule has 0 saturated carbocycles. The van der Waals surface area contributed by atoms with Crippen LogP contribution >= 0.6 is 0 Å². The molecular weight excluding hydrogens is 246 g/mol. The van der Waals surface area contributed by atoms with E-state index in [4.69, 9.17) is 9.97 Å². The molecule has 2 aromatic rings. The van der Waals surface area contributed by atoms with Crippen LogP contribution in [0.15, 0.2) is 24.3 Å². The molecule has 0 fully saturated rings. The van der Waals surface area contributed by atoms with Gasteiger partial charge in [0.1, 0.15) is 11.6 Å². The quantitative estimate of drug-likeness (QED) is 0.927. The zero-order valence-corrected chi connectivity index (χ0v) is 12.2. The normalized spacial score (nSPS) is 13.9. The third kappa shape index (κ3) is 2.67. The van der Waals surface area contributed by atoms with Crippen molar-refractivity contribution in [3.63, 3.8) is 0 Å². The number of anilines is 1. The smallest absolute Gasteiger partial charge is 0.135 e. The summed E-state index contributed by atoms with van der Waals surface area (Å²) in [5.74, 6) is 1.96. The Kier molecular flexibility index (Phi) is 3.68. The van der Waals surface area contributed by atoms with Gasteiger partial charge in [-0.05, 0) is 38.2 Å². The molecule has 0 saturated heterocycles. The monoisotopic (exact) mass is 267 g/mol. The average molecular weight is 267 g/mol. The molecule has 3 nitrogen and oxygen atoms in total. The van der Waals surface area contributed by atoms with Crippen LogP contribution in [-0.4, -0.2) is 17.0 Å². The molecule has 0 amide bonds. The van der Waals surface area contributed by atoms with E-state index in [0.29, 0.717) is 0 Å². The summed E-state index contributed by atoms with van der Waals surface area (Å²) in [6, 6.07) is 8.58. The van der Waals surface area contributed by atoms with Gasteiger partial charge in [0.05, 0.1) is 0 Å². The molecular formula is C17H21N3. The van der Waals surface area contributed by atoms with Gasteiger partial charge in [-0.15, -0.1) is 0 Å². The van der Waals surface area contributed by atoms with E-state index in [9.17, 15) is 0 Å². The Bertz CT molecular complexity index is 602. The fourth-order valence-corrected chi connectivity index (χ4v) is 2.94. The number of fused-ring (bicyclic) bond motifs is 1. The van der Waals surface area contributed by atoms with Crippen molar-refractivity contribution >= 4 is 5.82 Å². The van der Waals surface area contributed by atoms with Gasteiger partial charge in [0, 0.05) is 24.7 Å². The summed E-state index contributed by atoms with van der Waals surface area (Å²) in [7, 11) is 1.95. The highest BCUT2D eigenvalue weighted by Crippen LogP contribution is 2.25. The van der Waals surface area contributed by atoms with Crippen LogP contribution in [0, 0.1) is 6.92 Å². The van der Waals surface area contributed by atoms with Crippen LogP contribution in [0.1, 0.15) is 41.1 Å². The fourth-order valence-electron chi connectivity index (χ4n) is 2.94. The molecule has 3 rings (SSSR count). The minimum Gasteiger partial charge on any atom is -0.373 e. The molecule has 20 heavy (non-hydrogen) atoms. The molecule has 0 radical (unpaired) electrons. The van der Waals surface area contributed by atoms with Crippen LogP contribution in [-0.2, 0) is 19.3 Å². The van der Waals surface area contributed by atoms with E-state index in [-0.39, 0.29) is 0 Å². The van der Waals surface area contributed by atoms with Crippen molar-refractivity contribution in [1.29, 1.82) is 0 Å². The van der Waals surface area contributed by atoms with Gasteiger partial charge in [0.15, 0.2) is 0 Å². The van der Waals surface area contributed by atoms with E-state index in [1.54, 1.807) is 0 Å². The molecule has 0 atom stereocenters. The zero-order valence-electron chi connectivity index (χ0n) is 12.2. The maximum Gasteiger partial charge on any atom is 0.135 e. The first-order valence-corrected chi connectivity index (χ1v) is 7.38. The number of aryl methyl sites for hydroxylation is 2. The highest BCUT2D eigenvalue weighted by Gasteiger charge is 2.17. The Labute approximate surface area is 120 Å². The SMILES string of the molecule is CNc1nc(Cc2cccc(C)c2)nc2c1CCCC2. The topological polar surface area (TPSA) is 37.8 Å². The lowest BCUT2D eigenvalue weighted by Gasteiger charge is -2.18. The number of hydrogen-bond donors (Lipinski definition) is 1. The molecule has 1 N–H and O–H groups in total. The molecule has 0 bridgehead atoms. The summed E-state index contributed by atoms with van der Waals surface area (Å²) >= 11 is 0. The largest absolute Gasteiger partial charge is 0.373 e. The number of aromatic nitrogens is 2. The van der Waals surface area contributed by atoms with Crippen LogP contribution < -0.4 is 5.32 Å². The second-order valence-corrected chi connectivity index (χ2v) is 5.54. The Morgan fingerprint density at radius 1 is 1.15 bits per heavy atom. The second-order valence-electron chi connectivity index (χ2n) is 5.54.